The number of benzene rings is 1. The summed E-state index contributed by atoms with van der Waals surface area (Å²) in [6.45, 7) is 8.29. The number of aromatic nitrogens is 4. The lowest BCUT2D eigenvalue weighted by Gasteiger charge is -2.11. The van der Waals surface area contributed by atoms with Gasteiger partial charge in [0.1, 0.15) is 5.82 Å². The van der Waals surface area contributed by atoms with E-state index in [-0.39, 0.29) is 12.7 Å². The SMILES string of the molecule is CCSc1nc(NCC(C)C)c2cnn(CCNC(=O)c3ccc4c(c3)OCO4)c2n1. The number of hydrogen-bond donors (Lipinski definition) is 2. The molecule has 0 unspecified atom stereocenters. The van der Waals surface area contributed by atoms with Gasteiger partial charge in [0.05, 0.1) is 18.1 Å². The van der Waals surface area contributed by atoms with Gasteiger partial charge in [-0.15, -0.1) is 0 Å². The van der Waals surface area contributed by atoms with Crippen molar-refractivity contribution in [2.45, 2.75) is 32.5 Å². The van der Waals surface area contributed by atoms with Crippen LogP contribution in [0.2, 0.25) is 0 Å². The average molecular weight is 443 g/mol. The van der Waals surface area contributed by atoms with Crippen molar-refractivity contribution in [3.8, 4) is 11.5 Å². The normalized spacial score (nSPS) is 12.5. The van der Waals surface area contributed by atoms with Crippen LogP contribution < -0.4 is 20.1 Å². The van der Waals surface area contributed by atoms with E-state index in [1.807, 2.05) is 0 Å². The van der Waals surface area contributed by atoms with E-state index in [2.05, 4.69) is 46.5 Å². The van der Waals surface area contributed by atoms with Gasteiger partial charge in [-0.1, -0.05) is 32.5 Å². The van der Waals surface area contributed by atoms with E-state index in [1.54, 1.807) is 40.8 Å². The minimum atomic E-state index is -0.175. The number of hydrogen-bond acceptors (Lipinski definition) is 8. The highest BCUT2D eigenvalue weighted by Gasteiger charge is 2.17. The molecule has 164 valence electrons. The number of fused-ring (bicyclic) bond motifs is 2. The van der Waals surface area contributed by atoms with Gasteiger partial charge in [-0.25, -0.2) is 14.6 Å². The van der Waals surface area contributed by atoms with E-state index in [0.717, 1.165) is 29.1 Å². The predicted molar refractivity (Wildman–Crippen MR) is 120 cm³/mol. The Hall–Kier alpha value is -3.01. The van der Waals surface area contributed by atoms with Crippen molar-refractivity contribution in [2.24, 2.45) is 5.92 Å². The lowest BCUT2D eigenvalue weighted by Crippen LogP contribution is -2.27. The van der Waals surface area contributed by atoms with Crippen LogP contribution in [0, 0.1) is 5.92 Å². The summed E-state index contributed by atoms with van der Waals surface area (Å²) in [5, 5.41) is 12.4. The van der Waals surface area contributed by atoms with Gasteiger partial charge in [-0.3, -0.25) is 4.79 Å². The summed E-state index contributed by atoms with van der Waals surface area (Å²) in [5.41, 5.74) is 1.29. The third-order valence-corrected chi connectivity index (χ3v) is 5.40. The predicted octanol–water partition coefficient (Wildman–Crippen LogP) is 3.16. The van der Waals surface area contributed by atoms with Crippen molar-refractivity contribution in [1.29, 1.82) is 0 Å². The maximum atomic E-state index is 12.5. The molecule has 1 aliphatic heterocycles. The van der Waals surface area contributed by atoms with E-state index in [0.29, 0.717) is 41.2 Å². The van der Waals surface area contributed by atoms with Gasteiger partial charge in [-0.2, -0.15) is 5.10 Å². The molecule has 3 aromatic rings. The number of carbonyl (C=O) groups excluding carboxylic acids is 1. The Morgan fingerprint density at radius 2 is 2.10 bits per heavy atom. The molecule has 1 aromatic carbocycles. The first kappa shape index (κ1) is 21.2. The largest absolute Gasteiger partial charge is 0.454 e. The maximum Gasteiger partial charge on any atom is 0.251 e. The Morgan fingerprint density at radius 1 is 1.26 bits per heavy atom. The number of nitrogens with zero attached hydrogens (tertiary/aromatic N) is 4. The number of rotatable bonds is 9. The molecule has 2 aromatic heterocycles. The Kier molecular flexibility index (Phi) is 6.45. The smallest absolute Gasteiger partial charge is 0.251 e. The zero-order valence-electron chi connectivity index (χ0n) is 17.8. The Labute approximate surface area is 184 Å². The molecule has 3 heterocycles. The summed E-state index contributed by atoms with van der Waals surface area (Å²) < 4.78 is 12.4. The van der Waals surface area contributed by atoms with Crippen LogP contribution in [-0.2, 0) is 6.54 Å². The molecule has 1 aliphatic rings. The topological polar surface area (TPSA) is 103 Å². The molecule has 0 saturated heterocycles. The summed E-state index contributed by atoms with van der Waals surface area (Å²) in [4.78, 5) is 21.8. The Morgan fingerprint density at radius 3 is 2.90 bits per heavy atom. The van der Waals surface area contributed by atoms with E-state index in [1.165, 1.54) is 0 Å². The molecule has 0 aliphatic carbocycles. The number of nitrogens with one attached hydrogen (secondary N) is 2. The minimum Gasteiger partial charge on any atom is -0.454 e. The van der Waals surface area contributed by atoms with E-state index >= 15 is 0 Å². The maximum absolute atomic E-state index is 12.5. The monoisotopic (exact) mass is 442 g/mol. The van der Waals surface area contributed by atoms with Crippen molar-refractivity contribution in [1.82, 2.24) is 25.1 Å². The molecule has 2 N–H and O–H groups in total. The molecule has 0 spiro atoms. The van der Waals surface area contributed by atoms with Crippen molar-refractivity contribution >= 4 is 34.5 Å². The van der Waals surface area contributed by atoms with Crippen LogP contribution in [-0.4, -0.2) is 51.3 Å². The zero-order chi connectivity index (χ0) is 21.8. The highest BCUT2D eigenvalue weighted by molar-refractivity contribution is 7.99. The van der Waals surface area contributed by atoms with E-state index < -0.39 is 0 Å². The third-order valence-electron chi connectivity index (χ3n) is 4.67. The van der Waals surface area contributed by atoms with Gasteiger partial charge < -0.3 is 20.1 Å². The van der Waals surface area contributed by atoms with Crippen molar-refractivity contribution in [2.75, 3.05) is 31.0 Å². The molecule has 0 radical (unpaired) electrons. The summed E-state index contributed by atoms with van der Waals surface area (Å²) in [7, 11) is 0. The molecule has 10 heteroatoms. The van der Waals surface area contributed by atoms with Crippen LogP contribution in [0.3, 0.4) is 0 Å². The first-order valence-electron chi connectivity index (χ1n) is 10.3. The molecule has 31 heavy (non-hydrogen) atoms. The summed E-state index contributed by atoms with van der Waals surface area (Å²) >= 11 is 1.59. The lowest BCUT2D eigenvalue weighted by molar-refractivity contribution is 0.0951. The molecule has 9 nitrogen and oxygen atoms in total. The number of amides is 1. The highest BCUT2D eigenvalue weighted by Crippen LogP contribution is 2.32. The summed E-state index contributed by atoms with van der Waals surface area (Å²) in [5.74, 6) is 3.24. The number of carbonyl (C=O) groups is 1. The fourth-order valence-electron chi connectivity index (χ4n) is 3.14. The van der Waals surface area contributed by atoms with Crippen LogP contribution >= 0.6 is 11.8 Å². The average Bonchev–Trinajstić information content (AvgIpc) is 3.38. The summed E-state index contributed by atoms with van der Waals surface area (Å²) in [6, 6.07) is 5.16. The van der Waals surface area contributed by atoms with Gasteiger partial charge >= 0.3 is 0 Å². The van der Waals surface area contributed by atoms with Gasteiger partial charge in [0.15, 0.2) is 22.3 Å². The van der Waals surface area contributed by atoms with Gasteiger partial charge in [0.2, 0.25) is 6.79 Å². The highest BCUT2D eigenvalue weighted by atomic mass is 32.2. The van der Waals surface area contributed by atoms with Crippen LogP contribution in [0.15, 0.2) is 29.6 Å². The Bertz CT molecular complexity index is 1080. The molecule has 0 bridgehead atoms. The fraction of sp³-hybridized carbons (Fsp3) is 0.429. The van der Waals surface area contributed by atoms with Crippen molar-refractivity contribution in [3.63, 3.8) is 0 Å². The van der Waals surface area contributed by atoms with Gasteiger partial charge in [0.25, 0.3) is 5.91 Å². The molecule has 4 rings (SSSR count). The second-order valence-corrected chi connectivity index (χ2v) is 8.72. The second-order valence-electron chi connectivity index (χ2n) is 7.49. The van der Waals surface area contributed by atoms with Crippen LogP contribution in [0.25, 0.3) is 11.0 Å². The van der Waals surface area contributed by atoms with Gasteiger partial charge in [-0.05, 0) is 29.9 Å². The molecule has 0 saturated carbocycles. The summed E-state index contributed by atoms with van der Waals surface area (Å²) in [6.07, 6.45) is 1.78. The number of thioether (sulfide) groups is 1. The van der Waals surface area contributed by atoms with E-state index in [9.17, 15) is 4.79 Å². The molecular weight excluding hydrogens is 416 g/mol. The van der Waals surface area contributed by atoms with Crippen LogP contribution in [0.5, 0.6) is 11.5 Å². The standard InChI is InChI=1S/C21H26N6O3S/c1-4-31-21-25-18(23-10-13(2)3)15-11-24-27(19(15)26-21)8-7-22-20(28)14-5-6-16-17(9-14)30-12-29-16/h5-6,9,11,13H,4,7-8,10,12H2,1-3H3,(H,22,28)(H,23,25,26). The van der Waals surface area contributed by atoms with Crippen molar-refractivity contribution < 1.29 is 14.3 Å². The molecular formula is C21H26N6O3S. The fourth-order valence-corrected chi connectivity index (χ4v) is 3.71. The van der Waals surface area contributed by atoms with Crippen molar-refractivity contribution in [3.05, 3.63) is 30.0 Å². The minimum absolute atomic E-state index is 0.175. The molecule has 0 fully saturated rings. The quantitative estimate of drug-likeness (QED) is 0.385. The van der Waals surface area contributed by atoms with Crippen LogP contribution in [0.1, 0.15) is 31.1 Å². The molecule has 0 atom stereocenters. The first-order valence-corrected chi connectivity index (χ1v) is 11.3. The Balaban J connectivity index is 1.46. The molecule has 1 amide bonds. The second kappa shape index (κ2) is 9.42. The lowest BCUT2D eigenvalue weighted by atomic mass is 10.2. The van der Waals surface area contributed by atoms with Gasteiger partial charge in [0, 0.05) is 18.7 Å². The van der Waals surface area contributed by atoms with Crippen LogP contribution in [0.4, 0.5) is 5.82 Å². The zero-order valence-corrected chi connectivity index (χ0v) is 18.7. The first-order chi connectivity index (χ1) is 15.0. The third kappa shape index (κ3) is 4.84. The number of ether oxygens (including phenoxy) is 2. The number of anilines is 1. The van der Waals surface area contributed by atoms with E-state index in [4.69, 9.17) is 9.47 Å².